The van der Waals surface area contributed by atoms with Gasteiger partial charge in [-0.1, -0.05) is 35.9 Å². The van der Waals surface area contributed by atoms with E-state index in [0.29, 0.717) is 12.0 Å². The molecule has 1 atom stereocenters. The molecule has 0 aromatic heterocycles. The Hall–Kier alpha value is 0.180. The summed E-state index contributed by atoms with van der Waals surface area (Å²) in [6.45, 7) is 5.28. The molecular formula is C9H15BrO. The SMILES string of the molecule is CC(C)/C=C(\Br)C1CCCO1. The molecule has 1 aliphatic rings. The van der Waals surface area contributed by atoms with E-state index in [1.165, 1.54) is 17.3 Å². The van der Waals surface area contributed by atoms with E-state index in [0.717, 1.165) is 6.61 Å². The highest BCUT2D eigenvalue weighted by molar-refractivity contribution is 9.11. The van der Waals surface area contributed by atoms with Crippen LogP contribution in [-0.2, 0) is 4.74 Å². The Bertz CT molecular complexity index is 146. The van der Waals surface area contributed by atoms with E-state index in [1.807, 2.05) is 0 Å². The van der Waals surface area contributed by atoms with Crippen LogP contribution >= 0.6 is 15.9 Å². The lowest BCUT2D eigenvalue weighted by molar-refractivity contribution is 0.143. The summed E-state index contributed by atoms with van der Waals surface area (Å²) >= 11 is 3.54. The van der Waals surface area contributed by atoms with Gasteiger partial charge in [-0.3, -0.25) is 0 Å². The predicted molar refractivity (Wildman–Crippen MR) is 50.8 cm³/mol. The van der Waals surface area contributed by atoms with Crippen molar-refractivity contribution in [3.05, 3.63) is 10.6 Å². The van der Waals surface area contributed by atoms with Crippen LogP contribution in [0.1, 0.15) is 26.7 Å². The van der Waals surface area contributed by atoms with E-state index in [4.69, 9.17) is 4.74 Å². The highest BCUT2D eigenvalue weighted by Gasteiger charge is 2.17. The molecule has 64 valence electrons. The number of ether oxygens (including phenoxy) is 1. The fraction of sp³-hybridized carbons (Fsp3) is 0.778. The van der Waals surface area contributed by atoms with Gasteiger partial charge >= 0.3 is 0 Å². The zero-order valence-electron chi connectivity index (χ0n) is 7.14. The lowest BCUT2D eigenvalue weighted by Crippen LogP contribution is -2.04. The molecular weight excluding hydrogens is 204 g/mol. The Morgan fingerprint density at radius 2 is 2.36 bits per heavy atom. The number of hydrogen-bond donors (Lipinski definition) is 0. The van der Waals surface area contributed by atoms with Gasteiger partial charge in [0.05, 0.1) is 6.10 Å². The van der Waals surface area contributed by atoms with Gasteiger partial charge in [0.2, 0.25) is 0 Å². The third kappa shape index (κ3) is 2.96. The van der Waals surface area contributed by atoms with Crippen LogP contribution in [-0.4, -0.2) is 12.7 Å². The van der Waals surface area contributed by atoms with Crippen LogP contribution in [0.4, 0.5) is 0 Å². The first-order chi connectivity index (χ1) is 5.20. The molecule has 2 heteroatoms. The highest BCUT2D eigenvalue weighted by Crippen LogP contribution is 2.25. The molecule has 11 heavy (non-hydrogen) atoms. The van der Waals surface area contributed by atoms with Gasteiger partial charge in [0.15, 0.2) is 0 Å². The van der Waals surface area contributed by atoms with Crippen LogP contribution in [0.15, 0.2) is 10.6 Å². The molecule has 0 spiro atoms. The van der Waals surface area contributed by atoms with Crippen molar-refractivity contribution in [3.8, 4) is 0 Å². The van der Waals surface area contributed by atoms with Crippen LogP contribution < -0.4 is 0 Å². The Balaban J connectivity index is 2.45. The molecule has 0 N–H and O–H groups in total. The van der Waals surface area contributed by atoms with Gasteiger partial charge in [0.1, 0.15) is 0 Å². The molecule has 0 aliphatic carbocycles. The maximum absolute atomic E-state index is 5.50. The molecule has 1 aliphatic heterocycles. The molecule has 1 saturated heterocycles. The minimum absolute atomic E-state index is 0.345. The third-order valence-corrected chi connectivity index (χ3v) is 2.50. The summed E-state index contributed by atoms with van der Waals surface area (Å²) in [4.78, 5) is 0. The van der Waals surface area contributed by atoms with Crippen LogP contribution in [0.2, 0.25) is 0 Å². The minimum Gasteiger partial charge on any atom is -0.373 e. The van der Waals surface area contributed by atoms with Gasteiger partial charge in [-0.05, 0) is 18.8 Å². The molecule has 1 fully saturated rings. The number of rotatable bonds is 2. The average molecular weight is 219 g/mol. The second-order valence-electron chi connectivity index (χ2n) is 3.30. The van der Waals surface area contributed by atoms with E-state index in [2.05, 4.69) is 35.9 Å². The Kier molecular flexibility index (Phi) is 3.60. The van der Waals surface area contributed by atoms with E-state index in [-0.39, 0.29) is 0 Å². The van der Waals surface area contributed by atoms with Crippen molar-refractivity contribution >= 4 is 15.9 Å². The van der Waals surface area contributed by atoms with Crippen molar-refractivity contribution in [3.63, 3.8) is 0 Å². The average Bonchev–Trinajstić information content (AvgIpc) is 2.35. The van der Waals surface area contributed by atoms with Gasteiger partial charge in [0, 0.05) is 11.1 Å². The standard InChI is InChI=1S/C9H15BrO/c1-7(2)6-8(10)9-4-3-5-11-9/h6-7,9H,3-5H2,1-2H3/b8-6-. The summed E-state index contributed by atoms with van der Waals surface area (Å²) in [5, 5.41) is 0. The first-order valence-corrected chi connectivity index (χ1v) is 4.98. The van der Waals surface area contributed by atoms with Gasteiger partial charge in [-0.15, -0.1) is 0 Å². The number of hydrogen-bond acceptors (Lipinski definition) is 1. The summed E-state index contributed by atoms with van der Waals surface area (Å²) in [6, 6.07) is 0. The second-order valence-corrected chi connectivity index (χ2v) is 4.21. The van der Waals surface area contributed by atoms with Crippen molar-refractivity contribution in [2.24, 2.45) is 5.92 Å². The lowest BCUT2D eigenvalue weighted by Gasteiger charge is -2.08. The molecule has 0 radical (unpaired) electrons. The zero-order valence-corrected chi connectivity index (χ0v) is 8.73. The summed E-state index contributed by atoms with van der Waals surface area (Å²) in [6.07, 6.45) is 4.93. The van der Waals surface area contributed by atoms with Crippen LogP contribution in [0.3, 0.4) is 0 Å². The second kappa shape index (κ2) is 4.27. The molecule has 1 nitrogen and oxygen atoms in total. The molecule has 0 aromatic rings. The topological polar surface area (TPSA) is 9.23 Å². The molecule has 1 unspecified atom stereocenters. The van der Waals surface area contributed by atoms with Gasteiger partial charge in [-0.2, -0.15) is 0 Å². The molecule has 1 heterocycles. The monoisotopic (exact) mass is 218 g/mol. The quantitative estimate of drug-likeness (QED) is 0.693. The van der Waals surface area contributed by atoms with Crippen LogP contribution in [0, 0.1) is 5.92 Å². The lowest BCUT2D eigenvalue weighted by atomic mass is 10.1. The number of allylic oxidation sites excluding steroid dienone is 1. The van der Waals surface area contributed by atoms with Gasteiger partial charge in [0.25, 0.3) is 0 Å². The largest absolute Gasteiger partial charge is 0.373 e. The summed E-state index contributed by atoms with van der Waals surface area (Å²) in [5.74, 6) is 0.605. The molecule has 0 amide bonds. The molecule has 0 saturated carbocycles. The van der Waals surface area contributed by atoms with E-state index >= 15 is 0 Å². The molecule has 0 aromatic carbocycles. The highest BCUT2D eigenvalue weighted by atomic mass is 79.9. The third-order valence-electron chi connectivity index (χ3n) is 1.73. The van der Waals surface area contributed by atoms with Crippen molar-refractivity contribution in [1.29, 1.82) is 0 Å². The summed E-state index contributed by atoms with van der Waals surface area (Å²) < 4.78 is 6.73. The first-order valence-electron chi connectivity index (χ1n) is 4.19. The maximum Gasteiger partial charge on any atom is 0.0887 e. The minimum atomic E-state index is 0.345. The zero-order chi connectivity index (χ0) is 8.27. The Labute approximate surface area is 76.9 Å². The van der Waals surface area contributed by atoms with Crippen molar-refractivity contribution in [1.82, 2.24) is 0 Å². The summed E-state index contributed by atoms with van der Waals surface area (Å²) in [7, 11) is 0. The fourth-order valence-electron chi connectivity index (χ4n) is 1.22. The summed E-state index contributed by atoms with van der Waals surface area (Å²) in [5.41, 5.74) is 0. The van der Waals surface area contributed by atoms with Crippen molar-refractivity contribution in [2.75, 3.05) is 6.61 Å². The van der Waals surface area contributed by atoms with E-state index < -0.39 is 0 Å². The van der Waals surface area contributed by atoms with E-state index in [9.17, 15) is 0 Å². The van der Waals surface area contributed by atoms with Crippen molar-refractivity contribution < 1.29 is 4.74 Å². The maximum atomic E-state index is 5.50. The molecule has 0 bridgehead atoms. The molecule has 1 rings (SSSR count). The Morgan fingerprint density at radius 1 is 1.64 bits per heavy atom. The fourth-order valence-corrected chi connectivity index (χ4v) is 2.11. The van der Waals surface area contributed by atoms with Crippen molar-refractivity contribution in [2.45, 2.75) is 32.8 Å². The first kappa shape index (κ1) is 9.27. The smallest absolute Gasteiger partial charge is 0.0887 e. The normalized spacial score (nSPS) is 26.5. The predicted octanol–water partition coefficient (Wildman–Crippen LogP) is 3.10. The van der Waals surface area contributed by atoms with Gasteiger partial charge < -0.3 is 4.74 Å². The van der Waals surface area contributed by atoms with Crippen LogP contribution in [0.25, 0.3) is 0 Å². The van der Waals surface area contributed by atoms with E-state index in [1.54, 1.807) is 0 Å². The van der Waals surface area contributed by atoms with Gasteiger partial charge in [-0.25, -0.2) is 0 Å². The van der Waals surface area contributed by atoms with Crippen LogP contribution in [0.5, 0.6) is 0 Å². The number of halogens is 1. The Morgan fingerprint density at radius 3 is 2.82 bits per heavy atom.